The number of aromatic nitrogens is 5. The summed E-state index contributed by atoms with van der Waals surface area (Å²) in [5.41, 5.74) is 10.4. The molecular formula is C52H31N7S. The Morgan fingerprint density at radius 1 is 0.433 bits per heavy atom. The smallest absolute Gasteiger partial charge is 0.238 e. The van der Waals surface area contributed by atoms with E-state index in [0.717, 1.165) is 81.9 Å². The average molecular weight is 786 g/mol. The Kier molecular flexibility index (Phi) is 7.70. The van der Waals surface area contributed by atoms with Gasteiger partial charge in [-0.2, -0.15) is 9.97 Å². The van der Waals surface area contributed by atoms with Crippen LogP contribution in [0.4, 0.5) is 22.7 Å². The summed E-state index contributed by atoms with van der Waals surface area (Å²) in [6.07, 6.45) is 0. The molecule has 0 amide bonds. The predicted octanol–water partition coefficient (Wildman–Crippen LogP) is 13.9. The Hall–Kier alpha value is -7.99. The van der Waals surface area contributed by atoms with E-state index in [4.69, 9.17) is 21.5 Å². The second-order valence-electron chi connectivity index (χ2n) is 14.8. The van der Waals surface area contributed by atoms with Crippen LogP contribution in [0.2, 0.25) is 0 Å². The van der Waals surface area contributed by atoms with Gasteiger partial charge < -0.3 is 9.47 Å². The number of rotatable bonds is 5. The maximum Gasteiger partial charge on any atom is 0.238 e. The molecule has 12 rings (SSSR count). The quantitative estimate of drug-likeness (QED) is 0.163. The van der Waals surface area contributed by atoms with Crippen LogP contribution in [0.3, 0.4) is 0 Å². The fourth-order valence-corrected chi connectivity index (χ4v) is 9.81. The van der Waals surface area contributed by atoms with Crippen molar-refractivity contribution in [3.63, 3.8) is 0 Å². The summed E-state index contributed by atoms with van der Waals surface area (Å²) in [5, 5.41) is 4.56. The van der Waals surface area contributed by atoms with Crippen LogP contribution >= 0.6 is 11.8 Å². The number of para-hydroxylation sites is 5. The highest BCUT2D eigenvalue weighted by atomic mass is 32.2. The number of hydrogen-bond donors (Lipinski definition) is 0. The fourth-order valence-electron chi connectivity index (χ4n) is 8.74. The van der Waals surface area contributed by atoms with Gasteiger partial charge in [0.15, 0.2) is 17.3 Å². The third-order valence-corrected chi connectivity index (χ3v) is 12.5. The monoisotopic (exact) mass is 785 g/mol. The molecule has 0 unspecified atom stereocenters. The topological polar surface area (TPSA) is 56.1 Å². The lowest BCUT2D eigenvalue weighted by molar-refractivity contribution is 0.953. The van der Waals surface area contributed by atoms with Crippen LogP contribution in [0.25, 0.3) is 82.9 Å². The first kappa shape index (κ1) is 34.1. The summed E-state index contributed by atoms with van der Waals surface area (Å²) in [7, 11) is 0. The highest BCUT2D eigenvalue weighted by molar-refractivity contribution is 7.99. The molecule has 0 aliphatic carbocycles. The summed E-state index contributed by atoms with van der Waals surface area (Å²) < 4.78 is 4.49. The molecule has 1 aliphatic rings. The molecule has 8 aromatic carbocycles. The molecule has 0 fully saturated rings. The highest BCUT2D eigenvalue weighted by Crippen LogP contribution is 2.55. The first-order valence-corrected chi connectivity index (χ1v) is 20.5. The van der Waals surface area contributed by atoms with E-state index in [-0.39, 0.29) is 0 Å². The predicted molar refractivity (Wildman–Crippen MR) is 244 cm³/mol. The van der Waals surface area contributed by atoms with Crippen molar-refractivity contribution in [2.24, 2.45) is 0 Å². The molecule has 0 saturated carbocycles. The van der Waals surface area contributed by atoms with Gasteiger partial charge in [-0.3, -0.25) is 4.57 Å². The lowest BCUT2D eigenvalue weighted by Crippen LogP contribution is -2.16. The normalized spacial score (nSPS) is 12.2. The third kappa shape index (κ3) is 5.27. The zero-order valence-corrected chi connectivity index (χ0v) is 32.8. The van der Waals surface area contributed by atoms with E-state index in [1.54, 1.807) is 11.8 Å². The number of benzene rings is 8. The van der Waals surface area contributed by atoms with Crippen molar-refractivity contribution in [2.75, 3.05) is 4.90 Å². The molecule has 3 aromatic heterocycles. The van der Waals surface area contributed by atoms with Crippen molar-refractivity contribution in [2.45, 2.75) is 9.79 Å². The number of nitrogens with zero attached hydrogens (tertiary/aromatic N) is 7. The summed E-state index contributed by atoms with van der Waals surface area (Å²) in [5.74, 6) is 1.52. The number of fused-ring (bicyclic) bond motifs is 8. The molecule has 8 heteroatoms. The standard InChI is InChI=1S/C52H31N7S/c1-53-34-28-29-44(40(30-34)51-54-50(33-16-4-2-5-17-33)55-52(56-51)59-42-24-12-8-20-36(42)37-21-9-13-25-43(37)59)58-45-26-14-15-27-48(45)60-49-32-46-39(31-47(49)58)38-22-10-11-23-41(38)57(46)35-18-6-3-7-19-35/h2-32H. The van der Waals surface area contributed by atoms with Crippen molar-refractivity contribution >= 4 is 78.1 Å². The summed E-state index contributed by atoms with van der Waals surface area (Å²) in [6, 6.07) is 65.0. The maximum absolute atomic E-state index is 8.15. The average Bonchev–Trinajstić information content (AvgIpc) is 3.83. The van der Waals surface area contributed by atoms with Crippen molar-refractivity contribution in [3.8, 4) is 34.4 Å². The van der Waals surface area contributed by atoms with Crippen LogP contribution in [0.15, 0.2) is 198 Å². The minimum Gasteiger partial charge on any atom is -0.309 e. The van der Waals surface area contributed by atoms with Crippen LogP contribution in [0, 0.1) is 6.57 Å². The zero-order chi connectivity index (χ0) is 39.7. The van der Waals surface area contributed by atoms with Crippen molar-refractivity contribution in [1.29, 1.82) is 0 Å². The molecule has 11 aromatic rings. The summed E-state index contributed by atoms with van der Waals surface area (Å²) in [6.45, 7) is 8.15. The summed E-state index contributed by atoms with van der Waals surface area (Å²) >= 11 is 1.77. The largest absolute Gasteiger partial charge is 0.309 e. The van der Waals surface area contributed by atoms with E-state index in [9.17, 15) is 0 Å². The van der Waals surface area contributed by atoms with E-state index in [2.05, 4.69) is 146 Å². The van der Waals surface area contributed by atoms with E-state index in [1.165, 1.54) is 5.39 Å². The van der Waals surface area contributed by atoms with Gasteiger partial charge >= 0.3 is 0 Å². The Labute approximate surface area is 349 Å². The van der Waals surface area contributed by atoms with Crippen molar-refractivity contribution < 1.29 is 0 Å². The van der Waals surface area contributed by atoms with Gasteiger partial charge in [0.2, 0.25) is 5.95 Å². The lowest BCUT2D eigenvalue weighted by Gasteiger charge is -2.34. The molecule has 4 heterocycles. The van der Waals surface area contributed by atoms with Gasteiger partial charge in [0.25, 0.3) is 0 Å². The van der Waals surface area contributed by atoms with Gasteiger partial charge in [-0.25, -0.2) is 9.83 Å². The summed E-state index contributed by atoms with van der Waals surface area (Å²) in [4.78, 5) is 24.3. The molecule has 0 N–H and O–H groups in total. The van der Waals surface area contributed by atoms with E-state index in [0.29, 0.717) is 23.3 Å². The van der Waals surface area contributed by atoms with Crippen molar-refractivity contribution in [1.82, 2.24) is 24.1 Å². The van der Waals surface area contributed by atoms with Crippen LogP contribution in [0.5, 0.6) is 0 Å². The van der Waals surface area contributed by atoms with E-state index in [1.807, 2.05) is 60.7 Å². The van der Waals surface area contributed by atoms with Crippen molar-refractivity contribution in [3.05, 3.63) is 199 Å². The Balaban J connectivity index is 1.14. The number of anilines is 3. The Morgan fingerprint density at radius 3 is 1.75 bits per heavy atom. The van der Waals surface area contributed by atoms with Gasteiger partial charge in [0.1, 0.15) is 0 Å². The molecule has 0 atom stereocenters. The van der Waals surface area contributed by atoms with Gasteiger partial charge in [0.05, 0.1) is 45.7 Å². The molecule has 0 radical (unpaired) electrons. The molecule has 0 spiro atoms. The minimum absolute atomic E-state index is 0.472. The van der Waals surface area contributed by atoms with Gasteiger partial charge in [0, 0.05) is 48.2 Å². The molecule has 0 saturated heterocycles. The second-order valence-corrected chi connectivity index (χ2v) is 15.8. The SMILES string of the molecule is [C-]#[N+]c1ccc(N2c3ccccc3Sc3cc4c(cc32)c2ccccc2n4-c2ccccc2)c(-c2nc(-c3ccccc3)nc(-n3c4ccccc4c4ccccc43)n2)c1. The van der Waals surface area contributed by atoms with Gasteiger partial charge in [-0.15, -0.1) is 0 Å². The van der Waals surface area contributed by atoms with Gasteiger partial charge in [-0.1, -0.05) is 133 Å². The number of hydrogen-bond acceptors (Lipinski definition) is 5. The van der Waals surface area contributed by atoms with Crippen LogP contribution in [-0.2, 0) is 0 Å². The molecule has 0 bridgehead atoms. The highest BCUT2D eigenvalue weighted by Gasteiger charge is 2.30. The van der Waals surface area contributed by atoms with Gasteiger partial charge in [-0.05, 0) is 66.7 Å². The van der Waals surface area contributed by atoms with E-state index < -0.39 is 0 Å². The second kappa shape index (κ2) is 13.6. The van der Waals surface area contributed by atoms with Crippen LogP contribution in [0.1, 0.15) is 0 Å². The minimum atomic E-state index is 0.472. The zero-order valence-electron chi connectivity index (χ0n) is 31.9. The molecule has 7 nitrogen and oxygen atoms in total. The molecule has 1 aliphatic heterocycles. The lowest BCUT2D eigenvalue weighted by atomic mass is 10.1. The molecule has 60 heavy (non-hydrogen) atoms. The maximum atomic E-state index is 8.15. The fraction of sp³-hybridized carbons (Fsp3) is 0. The molecular weight excluding hydrogens is 755 g/mol. The van der Waals surface area contributed by atoms with E-state index >= 15 is 0 Å². The van der Waals surface area contributed by atoms with Crippen LogP contribution < -0.4 is 4.90 Å². The Morgan fingerprint density at radius 2 is 1.03 bits per heavy atom. The first-order valence-electron chi connectivity index (χ1n) is 19.7. The molecule has 280 valence electrons. The first-order chi connectivity index (χ1) is 29.7. The van der Waals surface area contributed by atoms with Crippen LogP contribution in [-0.4, -0.2) is 24.1 Å². The Bertz CT molecular complexity index is 3490. The third-order valence-electron chi connectivity index (χ3n) is 11.4.